The standard InChI is InChI=1S/C49H70IN7O10S/c1-29(2)24-36(40(60)27-67-48(65)44-30(3)14-13-15-31(44)4)54-43(62)19-7-6-11-23-52-46(63)37(26-33-20-21-39(59)34(50)25-33)55-47(64)35(53-32(5)58)16-10-12-22-51-42(61)18-9-8-17-41-45-38(28-68-41)56-49(66)57-45/h13-15,20-21,25,29,35-38,41,45,59H,6-12,16-19,22-24,26-28H2,1-5H3,(H,51,61)(H,52,63)(H,53,58)(H,54,62)(H,55,64)(H2,56,57,66)/t35-,36-,37-,38+,41?,45+/m0/s1/i50-2. The number of carbonyl (C=O) groups excluding carboxylic acids is 8. The summed E-state index contributed by atoms with van der Waals surface area (Å²) in [5, 5.41) is 30.5. The Kier molecular flexibility index (Phi) is 23.4. The van der Waals surface area contributed by atoms with Crippen LogP contribution in [0.3, 0.4) is 0 Å². The lowest BCUT2D eigenvalue weighted by Gasteiger charge is -2.23. The van der Waals surface area contributed by atoms with E-state index in [1.165, 1.54) is 13.0 Å². The number of nitrogens with one attached hydrogen (secondary N) is 7. The fourth-order valence-electron chi connectivity index (χ4n) is 8.35. The second kappa shape index (κ2) is 28.5. The molecule has 2 fully saturated rings. The van der Waals surface area contributed by atoms with Gasteiger partial charge in [-0.05, 0) is 123 Å². The maximum Gasteiger partial charge on any atom is 0.339 e. The van der Waals surface area contributed by atoms with Gasteiger partial charge in [-0.1, -0.05) is 51.0 Å². The second-order valence-electron chi connectivity index (χ2n) is 18.2. The highest BCUT2D eigenvalue weighted by Crippen LogP contribution is 2.33. The number of urea groups is 1. The number of fused-ring (bicyclic) bond motifs is 1. The Balaban J connectivity index is 1.19. The van der Waals surface area contributed by atoms with Crippen LogP contribution >= 0.6 is 34.4 Å². The monoisotopic (exact) mass is 1070 g/mol. The fourth-order valence-corrected chi connectivity index (χ4v) is 10.5. The third kappa shape index (κ3) is 18.9. The summed E-state index contributed by atoms with van der Waals surface area (Å²) in [6.45, 7) is 9.00. The predicted octanol–water partition coefficient (Wildman–Crippen LogP) is 4.79. The first-order valence-corrected chi connectivity index (χ1v) is 25.9. The van der Waals surface area contributed by atoms with Gasteiger partial charge in [0.05, 0.1) is 27.3 Å². The maximum atomic E-state index is 13.7. The highest BCUT2D eigenvalue weighted by Gasteiger charge is 2.42. The molecule has 0 radical (unpaired) electrons. The number of halogens is 1. The lowest BCUT2D eigenvalue weighted by Crippen LogP contribution is -2.54. The molecule has 374 valence electrons. The van der Waals surface area contributed by atoms with Crippen molar-refractivity contribution in [2.45, 2.75) is 154 Å². The van der Waals surface area contributed by atoms with Gasteiger partial charge < -0.3 is 47.1 Å². The number of rotatable bonds is 29. The molecule has 0 aliphatic carbocycles. The van der Waals surface area contributed by atoms with Gasteiger partial charge in [-0.3, -0.25) is 28.8 Å². The van der Waals surface area contributed by atoms with Gasteiger partial charge in [0.2, 0.25) is 29.5 Å². The van der Waals surface area contributed by atoms with Crippen molar-refractivity contribution in [2.75, 3.05) is 25.4 Å². The van der Waals surface area contributed by atoms with E-state index in [2.05, 4.69) is 37.2 Å². The van der Waals surface area contributed by atoms with E-state index in [-0.39, 0.29) is 67.4 Å². The van der Waals surface area contributed by atoms with Crippen LogP contribution in [0.5, 0.6) is 5.75 Å². The number of carbonyl (C=O) groups is 8. The van der Waals surface area contributed by atoms with Crippen molar-refractivity contribution in [1.29, 1.82) is 0 Å². The number of hydrogen-bond donors (Lipinski definition) is 8. The molecule has 4 rings (SSSR count). The van der Waals surface area contributed by atoms with E-state index in [0.29, 0.717) is 71.4 Å². The van der Waals surface area contributed by atoms with E-state index in [4.69, 9.17) is 4.74 Å². The van der Waals surface area contributed by atoms with Gasteiger partial charge in [0.1, 0.15) is 17.8 Å². The molecule has 2 heterocycles. The van der Waals surface area contributed by atoms with Crippen LogP contribution in [0.25, 0.3) is 0 Å². The number of benzene rings is 2. The number of phenols is 1. The van der Waals surface area contributed by atoms with Crippen LogP contribution in [0, 0.1) is 23.3 Å². The Hall–Kier alpha value is -4.92. The molecule has 2 aromatic carbocycles. The van der Waals surface area contributed by atoms with Crippen LogP contribution in [-0.2, 0) is 39.9 Å². The minimum atomic E-state index is -1.01. The first-order valence-electron chi connectivity index (χ1n) is 23.7. The first kappa shape index (κ1) is 55.7. The van der Waals surface area contributed by atoms with Crippen molar-refractivity contribution in [2.24, 2.45) is 5.92 Å². The van der Waals surface area contributed by atoms with Gasteiger partial charge in [0.15, 0.2) is 12.4 Å². The smallest absolute Gasteiger partial charge is 0.339 e. The second-order valence-corrected chi connectivity index (χ2v) is 20.6. The first-order chi connectivity index (χ1) is 32.4. The highest BCUT2D eigenvalue weighted by atomic mass is 125. The summed E-state index contributed by atoms with van der Waals surface area (Å²) in [5.74, 6) is -1.64. The molecule has 8 N–H and O–H groups in total. The van der Waals surface area contributed by atoms with Crippen molar-refractivity contribution in [3.63, 3.8) is 0 Å². The summed E-state index contributed by atoms with van der Waals surface area (Å²) in [6, 6.07) is 7.81. The van der Waals surface area contributed by atoms with E-state index in [0.717, 1.165) is 36.1 Å². The Morgan fingerprint density at radius 3 is 2.21 bits per heavy atom. The number of thioether (sulfide) groups is 1. The van der Waals surface area contributed by atoms with Gasteiger partial charge in [0, 0.05) is 50.3 Å². The Morgan fingerprint density at radius 2 is 1.50 bits per heavy atom. The molecular weight excluding hydrogens is 1000 g/mol. The van der Waals surface area contributed by atoms with Crippen LogP contribution < -0.4 is 37.2 Å². The number of ether oxygens (including phenoxy) is 1. The zero-order valence-corrected chi connectivity index (χ0v) is 42.9. The molecule has 0 bridgehead atoms. The molecule has 7 amide bonds. The molecular formula is C49H70IN7O10S. The van der Waals surface area contributed by atoms with Gasteiger partial charge in [-0.25, -0.2) is 9.59 Å². The van der Waals surface area contributed by atoms with Crippen LogP contribution in [0.1, 0.15) is 125 Å². The lowest BCUT2D eigenvalue weighted by atomic mass is 10.00. The van der Waals surface area contributed by atoms with Crippen LogP contribution in [0.4, 0.5) is 4.79 Å². The molecule has 0 spiro atoms. The lowest BCUT2D eigenvalue weighted by molar-refractivity contribution is -0.131. The van der Waals surface area contributed by atoms with Crippen molar-refractivity contribution >= 4 is 81.7 Å². The minimum absolute atomic E-state index is 0.0530. The molecule has 68 heavy (non-hydrogen) atoms. The van der Waals surface area contributed by atoms with E-state index in [1.54, 1.807) is 38.1 Å². The van der Waals surface area contributed by atoms with Crippen molar-refractivity contribution in [1.82, 2.24) is 37.2 Å². The summed E-state index contributed by atoms with van der Waals surface area (Å²) in [6.07, 6.45) is 6.57. The zero-order valence-electron chi connectivity index (χ0n) is 39.9. The van der Waals surface area contributed by atoms with Crippen LogP contribution in [0.2, 0.25) is 0 Å². The molecule has 2 saturated heterocycles. The molecule has 19 heteroatoms. The van der Waals surface area contributed by atoms with E-state index in [1.807, 2.05) is 54.3 Å². The van der Waals surface area contributed by atoms with Crippen molar-refractivity contribution in [3.05, 3.63) is 62.2 Å². The number of unbranched alkanes of at least 4 members (excludes halogenated alkanes) is 4. The quantitative estimate of drug-likeness (QED) is 0.0238. The largest absolute Gasteiger partial charge is 0.507 e. The molecule has 6 atom stereocenters. The number of amides is 7. The normalized spacial score (nSPS) is 17.5. The fraction of sp³-hybridized carbons (Fsp3) is 0.592. The van der Waals surface area contributed by atoms with Crippen LogP contribution in [0.15, 0.2) is 36.4 Å². The number of aromatic hydroxyl groups is 1. The summed E-state index contributed by atoms with van der Waals surface area (Å²) in [7, 11) is 0. The van der Waals surface area contributed by atoms with E-state index < -0.39 is 54.2 Å². The van der Waals surface area contributed by atoms with E-state index >= 15 is 0 Å². The van der Waals surface area contributed by atoms with Gasteiger partial charge in [0.25, 0.3) is 0 Å². The van der Waals surface area contributed by atoms with Gasteiger partial charge >= 0.3 is 12.0 Å². The molecule has 0 aromatic heterocycles. The average molecular weight is 1070 g/mol. The molecule has 2 aromatic rings. The zero-order chi connectivity index (χ0) is 49.8. The SMILES string of the molecule is CC(=O)N[C@@H](CCCCNC(=O)CCCCC1SC[C@H]2NC(=O)N[C@@H]12)C(=O)N[C@@H](Cc1ccc(O)c([125I])c1)C(=O)NCCCCCC(=O)N[C@@H](CC(C)C)C(=O)COC(=O)c1c(C)cccc1C. The van der Waals surface area contributed by atoms with Gasteiger partial charge in [-0.2, -0.15) is 11.8 Å². The summed E-state index contributed by atoms with van der Waals surface area (Å²) in [4.78, 5) is 102. The van der Waals surface area contributed by atoms with Crippen molar-refractivity contribution < 1.29 is 48.2 Å². The summed E-state index contributed by atoms with van der Waals surface area (Å²) < 4.78 is 5.94. The maximum absolute atomic E-state index is 13.7. The molecule has 2 aliphatic heterocycles. The number of Topliss-reactive ketones (excluding diaryl/α,β-unsaturated/α-hetero) is 1. The molecule has 0 saturated carbocycles. The number of esters is 1. The van der Waals surface area contributed by atoms with E-state index in [9.17, 15) is 43.5 Å². The van der Waals surface area contributed by atoms with Crippen molar-refractivity contribution in [3.8, 4) is 5.75 Å². The number of phenolic OH excluding ortho intramolecular Hbond substituents is 1. The topological polar surface area (TPSA) is 250 Å². The predicted molar refractivity (Wildman–Crippen MR) is 269 cm³/mol. The third-order valence-electron chi connectivity index (χ3n) is 11.9. The molecule has 1 unspecified atom stereocenters. The number of aryl methyl sites for hydroxylation is 2. The summed E-state index contributed by atoms with van der Waals surface area (Å²) in [5.41, 5.74) is 2.61. The molecule has 17 nitrogen and oxygen atoms in total. The Morgan fingerprint density at radius 1 is 0.809 bits per heavy atom. The third-order valence-corrected chi connectivity index (χ3v) is 14.3. The Bertz CT molecular complexity index is 2070. The highest BCUT2D eigenvalue weighted by molar-refractivity contribution is 14.1. The van der Waals surface area contributed by atoms with Gasteiger partial charge in [-0.15, -0.1) is 0 Å². The number of ketones is 1. The summed E-state index contributed by atoms with van der Waals surface area (Å²) >= 11 is 3.84. The number of hydrogen-bond acceptors (Lipinski definition) is 11. The van der Waals surface area contributed by atoms with Crippen LogP contribution in [-0.4, -0.2) is 113 Å². The molecule has 2 aliphatic rings. The Labute approximate surface area is 417 Å². The average Bonchev–Trinajstić information content (AvgIpc) is 3.84. The minimum Gasteiger partial charge on any atom is -0.507 e.